The molecule has 0 atom stereocenters. The zero-order chi connectivity index (χ0) is 17.7. The largest absolute Gasteiger partial charge is 0.506 e. The molecule has 0 unspecified atom stereocenters. The van der Waals surface area contributed by atoms with Gasteiger partial charge in [0.2, 0.25) is 0 Å². The standard InChI is InChI=1S/C19H20O5/c1-4-14-13(10-12-8-6-5-7-9-12)11-15(18(21)23-2)17(20)16(14)19(22)24-3/h5-9,11,20H,4,10H2,1-3H3. The number of hydrogen-bond acceptors (Lipinski definition) is 5. The molecular weight excluding hydrogens is 308 g/mol. The number of esters is 2. The average Bonchev–Trinajstić information content (AvgIpc) is 2.62. The summed E-state index contributed by atoms with van der Waals surface area (Å²) in [5, 5.41) is 10.4. The van der Waals surface area contributed by atoms with Crippen molar-refractivity contribution in [2.24, 2.45) is 0 Å². The fourth-order valence-corrected chi connectivity index (χ4v) is 2.73. The van der Waals surface area contributed by atoms with Gasteiger partial charge in [0.25, 0.3) is 0 Å². The second kappa shape index (κ2) is 7.64. The van der Waals surface area contributed by atoms with Gasteiger partial charge in [-0.15, -0.1) is 0 Å². The third-order valence-electron chi connectivity index (χ3n) is 3.89. The van der Waals surface area contributed by atoms with Crippen LogP contribution in [0.2, 0.25) is 0 Å². The fourth-order valence-electron chi connectivity index (χ4n) is 2.73. The molecule has 0 fully saturated rings. The zero-order valence-electron chi connectivity index (χ0n) is 14.0. The Balaban J connectivity index is 2.67. The molecule has 24 heavy (non-hydrogen) atoms. The van der Waals surface area contributed by atoms with Crippen LogP contribution in [-0.2, 0) is 22.3 Å². The molecule has 1 N–H and O–H groups in total. The van der Waals surface area contributed by atoms with Crippen molar-refractivity contribution in [3.05, 3.63) is 64.2 Å². The predicted octanol–water partition coefficient (Wildman–Crippen LogP) is 3.12. The lowest BCUT2D eigenvalue weighted by Gasteiger charge is -2.17. The summed E-state index contributed by atoms with van der Waals surface area (Å²) in [5.41, 5.74) is 2.46. The van der Waals surface area contributed by atoms with Crippen molar-refractivity contribution in [3.8, 4) is 5.75 Å². The van der Waals surface area contributed by atoms with Crippen LogP contribution in [0.4, 0.5) is 0 Å². The molecule has 0 aliphatic carbocycles. The number of aromatic hydroxyl groups is 1. The van der Waals surface area contributed by atoms with Gasteiger partial charge in [-0.1, -0.05) is 37.3 Å². The average molecular weight is 328 g/mol. The topological polar surface area (TPSA) is 72.8 Å². The monoisotopic (exact) mass is 328 g/mol. The van der Waals surface area contributed by atoms with E-state index in [2.05, 4.69) is 0 Å². The van der Waals surface area contributed by atoms with Crippen LogP contribution in [0.15, 0.2) is 36.4 Å². The summed E-state index contributed by atoms with van der Waals surface area (Å²) in [4.78, 5) is 24.1. The van der Waals surface area contributed by atoms with Crippen molar-refractivity contribution >= 4 is 11.9 Å². The molecule has 2 aromatic rings. The minimum absolute atomic E-state index is 0.0221. The molecule has 0 bridgehead atoms. The van der Waals surface area contributed by atoms with Crippen molar-refractivity contribution in [1.82, 2.24) is 0 Å². The van der Waals surface area contributed by atoms with E-state index in [0.717, 1.165) is 11.1 Å². The second-order valence-electron chi connectivity index (χ2n) is 5.28. The van der Waals surface area contributed by atoms with Gasteiger partial charge in [-0.2, -0.15) is 0 Å². The second-order valence-corrected chi connectivity index (χ2v) is 5.28. The number of ether oxygens (including phenoxy) is 2. The van der Waals surface area contributed by atoms with Crippen molar-refractivity contribution in [2.45, 2.75) is 19.8 Å². The van der Waals surface area contributed by atoms with E-state index in [1.807, 2.05) is 37.3 Å². The third kappa shape index (κ3) is 3.40. The van der Waals surface area contributed by atoms with E-state index in [1.54, 1.807) is 6.07 Å². The van der Waals surface area contributed by atoms with Crippen LogP contribution in [0.1, 0.15) is 44.3 Å². The Kier molecular flexibility index (Phi) is 5.58. The van der Waals surface area contributed by atoms with Gasteiger partial charge in [0.1, 0.15) is 16.9 Å². The molecule has 0 saturated heterocycles. The smallest absolute Gasteiger partial charge is 0.341 e. The Labute approximate surface area is 140 Å². The summed E-state index contributed by atoms with van der Waals surface area (Å²) in [6.45, 7) is 1.88. The third-order valence-corrected chi connectivity index (χ3v) is 3.89. The summed E-state index contributed by atoms with van der Waals surface area (Å²) in [7, 11) is 2.47. The van der Waals surface area contributed by atoms with E-state index in [-0.39, 0.29) is 11.1 Å². The fraction of sp³-hybridized carbons (Fsp3) is 0.263. The molecule has 0 aromatic heterocycles. The van der Waals surface area contributed by atoms with E-state index in [0.29, 0.717) is 18.4 Å². The van der Waals surface area contributed by atoms with Crippen LogP contribution >= 0.6 is 0 Å². The van der Waals surface area contributed by atoms with Crippen molar-refractivity contribution < 1.29 is 24.2 Å². The minimum Gasteiger partial charge on any atom is -0.506 e. The molecule has 2 rings (SSSR count). The van der Waals surface area contributed by atoms with Gasteiger partial charge in [0, 0.05) is 0 Å². The van der Waals surface area contributed by atoms with Gasteiger partial charge in [-0.3, -0.25) is 0 Å². The lowest BCUT2D eigenvalue weighted by molar-refractivity contribution is 0.0591. The summed E-state index contributed by atoms with van der Waals surface area (Å²) in [6, 6.07) is 11.3. The number of phenolic OH excluding ortho intramolecular Hbond substituents is 1. The lowest BCUT2D eigenvalue weighted by atomic mass is 9.90. The SMILES string of the molecule is CCc1c(Cc2ccccc2)cc(C(=O)OC)c(O)c1C(=O)OC. The molecule has 0 radical (unpaired) electrons. The van der Waals surface area contributed by atoms with E-state index in [9.17, 15) is 14.7 Å². The molecule has 0 heterocycles. The van der Waals surface area contributed by atoms with Crippen molar-refractivity contribution in [2.75, 3.05) is 14.2 Å². The van der Waals surface area contributed by atoms with E-state index >= 15 is 0 Å². The van der Waals surface area contributed by atoms with Crippen molar-refractivity contribution in [1.29, 1.82) is 0 Å². The van der Waals surface area contributed by atoms with E-state index in [4.69, 9.17) is 9.47 Å². The quantitative estimate of drug-likeness (QED) is 0.854. The first-order valence-corrected chi connectivity index (χ1v) is 7.61. The molecule has 0 saturated carbocycles. The molecule has 0 amide bonds. The first kappa shape index (κ1) is 17.5. The van der Waals surface area contributed by atoms with Gasteiger partial charge in [0.15, 0.2) is 0 Å². The molecule has 2 aromatic carbocycles. The van der Waals surface area contributed by atoms with Crippen LogP contribution in [0.25, 0.3) is 0 Å². The van der Waals surface area contributed by atoms with Gasteiger partial charge in [0.05, 0.1) is 14.2 Å². The lowest BCUT2D eigenvalue weighted by Crippen LogP contribution is -2.13. The molecule has 5 nitrogen and oxygen atoms in total. The van der Waals surface area contributed by atoms with Gasteiger partial charge < -0.3 is 14.6 Å². The number of phenols is 1. The number of rotatable bonds is 5. The number of carbonyl (C=O) groups is 2. The van der Waals surface area contributed by atoms with Crippen molar-refractivity contribution in [3.63, 3.8) is 0 Å². The predicted molar refractivity (Wildman–Crippen MR) is 89.4 cm³/mol. The molecule has 0 spiro atoms. The molecule has 0 aliphatic rings. The molecular formula is C19H20O5. The Morgan fingerprint density at radius 2 is 1.67 bits per heavy atom. The highest BCUT2D eigenvalue weighted by atomic mass is 16.5. The highest BCUT2D eigenvalue weighted by Gasteiger charge is 2.26. The number of carbonyl (C=O) groups excluding carboxylic acids is 2. The summed E-state index contributed by atoms with van der Waals surface area (Å²) in [5.74, 6) is -1.78. The number of hydrogen-bond donors (Lipinski definition) is 1. The van der Waals surface area contributed by atoms with E-state index in [1.165, 1.54) is 14.2 Å². The first-order valence-electron chi connectivity index (χ1n) is 7.61. The van der Waals surface area contributed by atoms with Gasteiger partial charge in [-0.05, 0) is 35.6 Å². The Morgan fingerprint density at radius 1 is 1.04 bits per heavy atom. The highest BCUT2D eigenvalue weighted by molar-refractivity contribution is 6.01. The van der Waals surface area contributed by atoms with Crippen LogP contribution in [0.5, 0.6) is 5.75 Å². The summed E-state index contributed by atoms with van der Waals surface area (Å²) < 4.78 is 9.50. The Morgan fingerprint density at radius 3 is 2.21 bits per heavy atom. The number of benzene rings is 2. The maximum Gasteiger partial charge on any atom is 0.341 e. The van der Waals surface area contributed by atoms with Crippen LogP contribution < -0.4 is 0 Å². The molecule has 0 aliphatic heterocycles. The maximum atomic E-state index is 12.1. The number of methoxy groups -OCH3 is 2. The highest BCUT2D eigenvalue weighted by Crippen LogP contribution is 2.32. The minimum atomic E-state index is -0.699. The Hall–Kier alpha value is -2.82. The van der Waals surface area contributed by atoms with Crippen LogP contribution in [-0.4, -0.2) is 31.3 Å². The first-order chi connectivity index (χ1) is 11.5. The van der Waals surface area contributed by atoms with Crippen LogP contribution in [0.3, 0.4) is 0 Å². The van der Waals surface area contributed by atoms with Crippen LogP contribution in [0, 0.1) is 0 Å². The molecule has 126 valence electrons. The van der Waals surface area contributed by atoms with Gasteiger partial charge in [-0.25, -0.2) is 9.59 Å². The van der Waals surface area contributed by atoms with E-state index < -0.39 is 17.7 Å². The molecule has 5 heteroatoms. The normalized spacial score (nSPS) is 10.3. The maximum absolute atomic E-state index is 12.1. The van der Waals surface area contributed by atoms with Gasteiger partial charge >= 0.3 is 11.9 Å². The summed E-state index contributed by atoms with van der Waals surface area (Å²) >= 11 is 0. The summed E-state index contributed by atoms with van der Waals surface area (Å²) in [6.07, 6.45) is 1.04. The Bertz CT molecular complexity index is 750. The zero-order valence-corrected chi connectivity index (χ0v) is 14.0.